The molecule has 0 saturated carbocycles. The predicted octanol–water partition coefficient (Wildman–Crippen LogP) is 1.25. The quantitative estimate of drug-likeness (QED) is 0.698. The number of benzene rings is 1. The summed E-state index contributed by atoms with van der Waals surface area (Å²) in [7, 11) is 0. The van der Waals surface area contributed by atoms with Crippen molar-refractivity contribution in [2.24, 2.45) is 5.10 Å². The van der Waals surface area contributed by atoms with Crippen molar-refractivity contribution < 1.29 is 9.79 Å². The van der Waals surface area contributed by atoms with Crippen LogP contribution in [0.4, 0.5) is 0 Å². The fourth-order valence-corrected chi connectivity index (χ4v) is 1.54. The van der Waals surface area contributed by atoms with Crippen molar-refractivity contribution in [3.05, 3.63) is 42.0 Å². The standard InChI is InChI=1S/C13H14N2O/c16-13-9-11-15(14-13)10-5-4-8-12-6-2-1-3-7-12/h1-4,6-8,10H,5,9,11H2/b8-4+,15-10-. The van der Waals surface area contributed by atoms with Crippen LogP contribution in [0.3, 0.4) is 0 Å². The highest BCUT2D eigenvalue weighted by atomic mass is 16.3. The third kappa shape index (κ3) is 3.05. The molecule has 0 N–H and O–H groups in total. The second kappa shape index (κ2) is 5.26. The minimum absolute atomic E-state index is 0.0247. The van der Waals surface area contributed by atoms with Crippen molar-refractivity contribution in [1.29, 1.82) is 0 Å². The van der Waals surface area contributed by atoms with Gasteiger partial charge in [0.25, 0.3) is 0 Å². The molecular formula is C13H14N2O. The van der Waals surface area contributed by atoms with E-state index < -0.39 is 0 Å². The summed E-state index contributed by atoms with van der Waals surface area (Å²) in [6.07, 6.45) is 7.40. The predicted molar refractivity (Wildman–Crippen MR) is 63.3 cm³/mol. The van der Waals surface area contributed by atoms with Crippen LogP contribution in [0.1, 0.15) is 18.4 Å². The molecule has 1 aliphatic rings. The van der Waals surface area contributed by atoms with Crippen LogP contribution in [0.5, 0.6) is 0 Å². The Morgan fingerprint density at radius 1 is 1.31 bits per heavy atom. The van der Waals surface area contributed by atoms with Gasteiger partial charge in [-0.1, -0.05) is 47.2 Å². The van der Waals surface area contributed by atoms with E-state index in [1.807, 2.05) is 24.4 Å². The lowest BCUT2D eigenvalue weighted by atomic mass is 10.2. The van der Waals surface area contributed by atoms with E-state index in [9.17, 15) is 5.11 Å². The zero-order chi connectivity index (χ0) is 11.2. The molecule has 1 aromatic rings. The minimum Gasteiger partial charge on any atom is -0.857 e. The van der Waals surface area contributed by atoms with Crippen LogP contribution >= 0.6 is 0 Å². The SMILES string of the molecule is [O-]C1=N/[N+](=C\C/C=C/c2ccccc2)CC1. The number of hydrazone groups is 1. The highest BCUT2D eigenvalue weighted by molar-refractivity contribution is 5.72. The Kier molecular flexibility index (Phi) is 3.49. The average molecular weight is 214 g/mol. The molecule has 0 aromatic heterocycles. The first-order valence-corrected chi connectivity index (χ1v) is 5.40. The molecule has 0 saturated heterocycles. The average Bonchev–Trinajstić information content (AvgIpc) is 2.72. The summed E-state index contributed by atoms with van der Waals surface area (Å²) in [5.74, 6) is -0.0247. The van der Waals surface area contributed by atoms with Gasteiger partial charge < -0.3 is 5.11 Å². The van der Waals surface area contributed by atoms with Gasteiger partial charge in [-0.25, -0.2) is 0 Å². The summed E-state index contributed by atoms with van der Waals surface area (Å²) >= 11 is 0. The fraction of sp³-hybridized carbons (Fsp3) is 0.231. The number of nitrogens with zero attached hydrogens (tertiary/aromatic N) is 2. The summed E-state index contributed by atoms with van der Waals surface area (Å²) in [5, 5.41) is 14.7. The van der Waals surface area contributed by atoms with Crippen molar-refractivity contribution in [3.63, 3.8) is 0 Å². The van der Waals surface area contributed by atoms with Gasteiger partial charge in [0, 0.05) is 18.7 Å². The van der Waals surface area contributed by atoms with Gasteiger partial charge in [-0.2, -0.15) is 0 Å². The highest BCUT2D eigenvalue weighted by Crippen LogP contribution is 2.01. The van der Waals surface area contributed by atoms with Crippen LogP contribution in [0.25, 0.3) is 6.08 Å². The van der Waals surface area contributed by atoms with Crippen LogP contribution in [0.2, 0.25) is 0 Å². The molecule has 0 amide bonds. The summed E-state index contributed by atoms with van der Waals surface area (Å²) < 4.78 is 1.72. The lowest BCUT2D eigenvalue weighted by Gasteiger charge is -1.90. The van der Waals surface area contributed by atoms with Crippen molar-refractivity contribution in [2.75, 3.05) is 6.54 Å². The van der Waals surface area contributed by atoms with Gasteiger partial charge in [0.2, 0.25) is 0 Å². The maximum Gasteiger partial charge on any atom is 0.178 e. The van der Waals surface area contributed by atoms with Crippen LogP contribution in [0.15, 0.2) is 41.5 Å². The molecule has 3 nitrogen and oxygen atoms in total. The molecule has 0 radical (unpaired) electrons. The fourth-order valence-electron chi connectivity index (χ4n) is 1.54. The molecule has 82 valence electrons. The van der Waals surface area contributed by atoms with Gasteiger partial charge >= 0.3 is 0 Å². The van der Waals surface area contributed by atoms with Crippen LogP contribution in [-0.2, 0) is 0 Å². The van der Waals surface area contributed by atoms with E-state index in [1.165, 1.54) is 5.56 Å². The van der Waals surface area contributed by atoms with Gasteiger partial charge in [-0.05, 0) is 10.7 Å². The molecule has 0 aliphatic carbocycles. The maximum absolute atomic E-state index is 10.9. The lowest BCUT2D eigenvalue weighted by Crippen LogP contribution is -2.13. The summed E-state index contributed by atoms with van der Waals surface area (Å²) in [5.41, 5.74) is 1.19. The smallest absolute Gasteiger partial charge is 0.178 e. The second-order valence-electron chi connectivity index (χ2n) is 3.64. The van der Waals surface area contributed by atoms with E-state index in [2.05, 4.69) is 29.4 Å². The van der Waals surface area contributed by atoms with Crippen molar-refractivity contribution in [1.82, 2.24) is 0 Å². The molecule has 0 fully saturated rings. The molecule has 16 heavy (non-hydrogen) atoms. The Labute approximate surface area is 95.1 Å². The van der Waals surface area contributed by atoms with Crippen LogP contribution in [0, 0.1) is 0 Å². The van der Waals surface area contributed by atoms with E-state index in [0.717, 1.165) is 13.0 Å². The minimum atomic E-state index is -0.0247. The van der Waals surface area contributed by atoms with Gasteiger partial charge in [-0.15, -0.1) is 0 Å². The van der Waals surface area contributed by atoms with Gasteiger partial charge in [0.15, 0.2) is 12.8 Å². The van der Waals surface area contributed by atoms with E-state index in [-0.39, 0.29) is 5.90 Å². The largest absolute Gasteiger partial charge is 0.857 e. The second-order valence-corrected chi connectivity index (χ2v) is 3.64. The third-order valence-corrected chi connectivity index (χ3v) is 2.36. The maximum atomic E-state index is 10.9. The van der Waals surface area contributed by atoms with Gasteiger partial charge in [0.1, 0.15) is 0 Å². The topological polar surface area (TPSA) is 38.4 Å². The van der Waals surface area contributed by atoms with Crippen molar-refractivity contribution >= 4 is 18.2 Å². The summed E-state index contributed by atoms with van der Waals surface area (Å²) in [6.45, 7) is 0.720. The van der Waals surface area contributed by atoms with Crippen LogP contribution < -0.4 is 5.11 Å². The van der Waals surface area contributed by atoms with Crippen molar-refractivity contribution in [2.45, 2.75) is 12.8 Å². The summed E-state index contributed by atoms with van der Waals surface area (Å²) in [6, 6.07) is 10.1. The molecule has 1 heterocycles. The Morgan fingerprint density at radius 2 is 2.12 bits per heavy atom. The Balaban J connectivity index is 1.87. The molecule has 1 aliphatic heterocycles. The van der Waals surface area contributed by atoms with Gasteiger partial charge in [0.05, 0.1) is 0 Å². The van der Waals surface area contributed by atoms with E-state index >= 15 is 0 Å². The van der Waals surface area contributed by atoms with Crippen LogP contribution in [-0.4, -0.2) is 23.3 Å². The Hall–Kier alpha value is -1.90. The van der Waals surface area contributed by atoms with E-state index in [1.54, 1.807) is 4.68 Å². The third-order valence-electron chi connectivity index (χ3n) is 2.36. The molecule has 0 spiro atoms. The molecule has 0 atom stereocenters. The number of rotatable bonds is 3. The number of hydrogen-bond donors (Lipinski definition) is 0. The Bertz CT molecular complexity index is 433. The number of allylic oxidation sites excluding steroid dienone is 1. The molecule has 0 bridgehead atoms. The number of hydrogen-bond acceptors (Lipinski definition) is 2. The first kappa shape index (κ1) is 10.6. The van der Waals surface area contributed by atoms with E-state index in [4.69, 9.17) is 0 Å². The van der Waals surface area contributed by atoms with Gasteiger partial charge in [-0.3, -0.25) is 0 Å². The normalized spacial score (nSPS) is 18.2. The summed E-state index contributed by atoms with van der Waals surface area (Å²) in [4.78, 5) is 0. The molecule has 3 heteroatoms. The first-order chi connectivity index (χ1) is 7.84. The zero-order valence-corrected chi connectivity index (χ0v) is 9.04. The zero-order valence-electron chi connectivity index (χ0n) is 9.04. The molecular weight excluding hydrogens is 200 g/mol. The lowest BCUT2D eigenvalue weighted by molar-refractivity contribution is -0.520. The monoisotopic (exact) mass is 214 g/mol. The highest BCUT2D eigenvalue weighted by Gasteiger charge is 2.09. The Morgan fingerprint density at radius 3 is 2.81 bits per heavy atom. The molecule has 0 unspecified atom stereocenters. The first-order valence-electron chi connectivity index (χ1n) is 5.40. The molecule has 1 aromatic carbocycles. The van der Waals surface area contributed by atoms with E-state index in [0.29, 0.717) is 6.42 Å². The molecule has 2 rings (SSSR count). The van der Waals surface area contributed by atoms with Crippen molar-refractivity contribution in [3.8, 4) is 0 Å².